The molecule has 0 bridgehead atoms. The normalized spacial score (nSPS) is 21.8. The Hall–Kier alpha value is -0.930. The molecule has 2 N–H and O–H groups in total. The summed E-state index contributed by atoms with van der Waals surface area (Å²) in [5, 5.41) is 0. The Bertz CT molecular complexity index is 380. The summed E-state index contributed by atoms with van der Waals surface area (Å²) in [7, 11) is 0. The highest BCUT2D eigenvalue weighted by atomic mass is 19.1. The lowest BCUT2D eigenvalue weighted by atomic mass is 10.0. The van der Waals surface area contributed by atoms with Crippen molar-refractivity contribution in [2.75, 3.05) is 13.1 Å². The molecule has 0 amide bonds. The summed E-state index contributed by atoms with van der Waals surface area (Å²) in [5.74, 6) is -0.0795. The molecule has 0 saturated carbocycles. The minimum Gasteiger partial charge on any atom is -0.327 e. The number of likely N-dealkylation sites (tertiary alicyclic amines) is 1. The standard InChI is InChI=1S/C14H21FN2/c1-10-6-12(7-11(2)14(10)15)8-17-5-3-4-13(16)9-17/h6-7,13H,3-5,8-9,16H2,1-2H3. The van der Waals surface area contributed by atoms with E-state index in [0.29, 0.717) is 6.04 Å². The Labute approximate surface area is 103 Å². The predicted molar refractivity (Wildman–Crippen MR) is 68.4 cm³/mol. The number of hydrogen-bond acceptors (Lipinski definition) is 2. The van der Waals surface area contributed by atoms with Crippen LogP contribution in [0.2, 0.25) is 0 Å². The number of rotatable bonds is 2. The maximum absolute atomic E-state index is 13.5. The Balaban J connectivity index is 2.08. The third-order valence-corrected chi connectivity index (χ3v) is 3.44. The van der Waals surface area contributed by atoms with E-state index in [1.54, 1.807) is 0 Å². The second-order valence-corrected chi connectivity index (χ2v) is 5.18. The van der Waals surface area contributed by atoms with Crippen LogP contribution in [-0.4, -0.2) is 24.0 Å². The number of benzene rings is 1. The maximum Gasteiger partial charge on any atom is 0.129 e. The van der Waals surface area contributed by atoms with Gasteiger partial charge in [0, 0.05) is 19.1 Å². The van der Waals surface area contributed by atoms with Gasteiger partial charge in [0.1, 0.15) is 5.82 Å². The Morgan fingerprint density at radius 3 is 2.59 bits per heavy atom. The van der Waals surface area contributed by atoms with Crippen molar-refractivity contribution in [1.29, 1.82) is 0 Å². The van der Waals surface area contributed by atoms with E-state index < -0.39 is 0 Å². The van der Waals surface area contributed by atoms with Crippen LogP contribution in [0.5, 0.6) is 0 Å². The molecule has 2 rings (SSSR count). The van der Waals surface area contributed by atoms with Crippen LogP contribution in [0.15, 0.2) is 12.1 Å². The van der Waals surface area contributed by atoms with Gasteiger partial charge >= 0.3 is 0 Å². The molecule has 0 aliphatic carbocycles. The third kappa shape index (κ3) is 3.05. The van der Waals surface area contributed by atoms with Gasteiger partial charge in [-0.3, -0.25) is 4.90 Å². The molecule has 2 nitrogen and oxygen atoms in total. The van der Waals surface area contributed by atoms with Crippen molar-refractivity contribution in [2.45, 2.75) is 39.3 Å². The number of nitrogens with two attached hydrogens (primary N) is 1. The second-order valence-electron chi connectivity index (χ2n) is 5.18. The highest BCUT2D eigenvalue weighted by Gasteiger charge is 2.17. The lowest BCUT2D eigenvalue weighted by Gasteiger charge is -2.30. The zero-order valence-electron chi connectivity index (χ0n) is 10.7. The molecule has 1 atom stereocenters. The average molecular weight is 236 g/mol. The van der Waals surface area contributed by atoms with E-state index in [-0.39, 0.29) is 5.82 Å². The van der Waals surface area contributed by atoms with E-state index in [2.05, 4.69) is 4.90 Å². The lowest BCUT2D eigenvalue weighted by molar-refractivity contribution is 0.201. The van der Waals surface area contributed by atoms with Gasteiger partial charge in [-0.1, -0.05) is 12.1 Å². The minimum absolute atomic E-state index is 0.0795. The Morgan fingerprint density at radius 2 is 2.00 bits per heavy atom. The number of hydrogen-bond donors (Lipinski definition) is 1. The fourth-order valence-corrected chi connectivity index (χ4v) is 2.62. The molecule has 0 radical (unpaired) electrons. The summed E-state index contributed by atoms with van der Waals surface area (Å²) in [5.41, 5.74) is 8.63. The summed E-state index contributed by atoms with van der Waals surface area (Å²) in [4.78, 5) is 2.36. The first-order valence-electron chi connectivity index (χ1n) is 6.30. The van der Waals surface area contributed by atoms with E-state index in [0.717, 1.165) is 37.2 Å². The van der Waals surface area contributed by atoms with Gasteiger partial charge in [-0.25, -0.2) is 4.39 Å². The molecule has 1 aromatic carbocycles. The van der Waals surface area contributed by atoms with Crippen molar-refractivity contribution >= 4 is 0 Å². The van der Waals surface area contributed by atoms with Crippen molar-refractivity contribution < 1.29 is 4.39 Å². The van der Waals surface area contributed by atoms with E-state index in [9.17, 15) is 4.39 Å². The first kappa shape index (κ1) is 12.5. The largest absolute Gasteiger partial charge is 0.327 e. The van der Waals surface area contributed by atoms with Crippen LogP contribution in [0.3, 0.4) is 0 Å². The minimum atomic E-state index is -0.0795. The number of piperidine rings is 1. The highest BCUT2D eigenvalue weighted by Crippen LogP contribution is 2.18. The molecule has 1 aliphatic heterocycles. The van der Waals surface area contributed by atoms with Gasteiger partial charge in [-0.2, -0.15) is 0 Å². The zero-order valence-corrected chi connectivity index (χ0v) is 10.7. The van der Waals surface area contributed by atoms with Crippen molar-refractivity contribution in [2.24, 2.45) is 5.73 Å². The Kier molecular flexibility index (Phi) is 3.79. The van der Waals surface area contributed by atoms with Gasteiger partial charge in [0.2, 0.25) is 0 Å². The highest BCUT2D eigenvalue weighted by molar-refractivity contribution is 5.30. The van der Waals surface area contributed by atoms with E-state index in [4.69, 9.17) is 5.73 Å². The van der Waals surface area contributed by atoms with Crippen LogP contribution in [0, 0.1) is 19.7 Å². The van der Waals surface area contributed by atoms with Crippen molar-refractivity contribution in [1.82, 2.24) is 4.90 Å². The quantitative estimate of drug-likeness (QED) is 0.854. The molecule has 1 unspecified atom stereocenters. The molecular formula is C14H21FN2. The summed E-state index contributed by atoms with van der Waals surface area (Å²) >= 11 is 0. The summed E-state index contributed by atoms with van der Waals surface area (Å²) < 4.78 is 13.5. The topological polar surface area (TPSA) is 29.3 Å². The Morgan fingerprint density at radius 1 is 1.35 bits per heavy atom. The first-order valence-corrected chi connectivity index (χ1v) is 6.30. The average Bonchev–Trinajstić information content (AvgIpc) is 2.26. The molecular weight excluding hydrogens is 215 g/mol. The molecule has 1 heterocycles. The molecule has 3 heteroatoms. The van der Waals surface area contributed by atoms with Gasteiger partial charge in [-0.15, -0.1) is 0 Å². The zero-order chi connectivity index (χ0) is 12.4. The fourth-order valence-electron chi connectivity index (χ4n) is 2.62. The van der Waals surface area contributed by atoms with Gasteiger partial charge in [0.05, 0.1) is 0 Å². The number of aryl methyl sites for hydroxylation is 2. The third-order valence-electron chi connectivity index (χ3n) is 3.44. The summed E-state index contributed by atoms with van der Waals surface area (Å²) in [6.45, 7) is 6.59. The lowest BCUT2D eigenvalue weighted by Crippen LogP contribution is -2.42. The summed E-state index contributed by atoms with van der Waals surface area (Å²) in [6, 6.07) is 4.19. The van der Waals surface area contributed by atoms with Crippen LogP contribution < -0.4 is 5.73 Å². The maximum atomic E-state index is 13.5. The molecule has 17 heavy (non-hydrogen) atoms. The van der Waals surface area contributed by atoms with Crippen LogP contribution in [-0.2, 0) is 6.54 Å². The van der Waals surface area contributed by atoms with Crippen LogP contribution >= 0.6 is 0 Å². The van der Waals surface area contributed by atoms with E-state index in [1.807, 2.05) is 26.0 Å². The van der Waals surface area contributed by atoms with E-state index in [1.165, 1.54) is 12.0 Å². The monoisotopic (exact) mass is 236 g/mol. The second kappa shape index (κ2) is 5.15. The molecule has 1 aromatic rings. The van der Waals surface area contributed by atoms with Gasteiger partial charge in [-0.05, 0) is 49.9 Å². The first-order chi connectivity index (χ1) is 8.06. The number of halogens is 1. The van der Waals surface area contributed by atoms with Crippen molar-refractivity contribution in [3.63, 3.8) is 0 Å². The molecule has 1 saturated heterocycles. The molecule has 0 aromatic heterocycles. The smallest absolute Gasteiger partial charge is 0.129 e. The van der Waals surface area contributed by atoms with Crippen LogP contribution in [0.25, 0.3) is 0 Å². The van der Waals surface area contributed by atoms with Crippen LogP contribution in [0.1, 0.15) is 29.5 Å². The number of nitrogens with zero attached hydrogens (tertiary/aromatic N) is 1. The van der Waals surface area contributed by atoms with Gasteiger partial charge in [0.15, 0.2) is 0 Å². The summed E-state index contributed by atoms with van der Waals surface area (Å²) in [6.07, 6.45) is 2.29. The van der Waals surface area contributed by atoms with Gasteiger partial charge in [0.25, 0.3) is 0 Å². The fraction of sp³-hybridized carbons (Fsp3) is 0.571. The molecule has 0 spiro atoms. The van der Waals surface area contributed by atoms with Crippen LogP contribution in [0.4, 0.5) is 4.39 Å². The van der Waals surface area contributed by atoms with E-state index >= 15 is 0 Å². The van der Waals surface area contributed by atoms with Gasteiger partial charge < -0.3 is 5.73 Å². The molecule has 1 fully saturated rings. The molecule has 94 valence electrons. The SMILES string of the molecule is Cc1cc(CN2CCCC(N)C2)cc(C)c1F. The van der Waals surface area contributed by atoms with Crippen molar-refractivity contribution in [3.05, 3.63) is 34.6 Å². The predicted octanol–water partition coefficient (Wildman–Crippen LogP) is 2.37. The van der Waals surface area contributed by atoms with Crippen molar-refractivity contribution in [3.8, 4) is 0 Å². The molecule has 1 aliphatic rings.